The number of nitrogens with zero attached hydrogens (tertiary/aromatic N) is 4. The average molecular weight is 573 g/mol. The van der Waals surface area contributed by atoms with Crippen molar-refractivity contribution in [1.29, 1.82) is 0 Å². The first-order valence-corrected chi connectivity index (χ1v) is 15.0. The minimum Gasteiger partial charge on any atom is -0.355 e. The van der Waals surface area contributed by atoms with Crippen LogP contribution >= 0.6 is 0 Å². The van der Waals surface area contributed by atoms with Gasteiger partial charge in [0.05, 0.1) is 17.6 Å². The SMILES string of the molecule is CCn1nc(-c2cccc(-c3cccc(CC(=O)NCCN4CCCC4)c3)c2)cc(Nc2cccc3ncccc23)c1=O. The van der Waals surface area contributed by atoms with Gasteiger partial charge in [-0.1, -0.05) is 48.5 Å². The number of benzene rings is 3. The van der Waals surface area contributed by atoms with Crippen molar-refractivity contribution < 1.29 is 4.79 Å². The Morgan fingerprint density at radius 3 is 2.47 bits per heavy atom. The molecule has 0 unspecified atom stereocenters. The third kappa shape index (κ3) is 6.65. The van der Waals surface area contributed by atoms with E-state index in [1.807, 2.05) is 67.6 Å². The van der Waals surface area contributed by atoms with E-state index in [4.69, 9.17) is 0 Å². The maximum absolute atomic E-state index is 13.3. The lowest BCUT2D eigenvalue weighted by atomic mass is 9.99. The molecule has 1 aliphatic heterocycles. The van der Waals surface area contributed by atoms with Crippen molar-refractivity contribution in [2.75, 3.05) is 31.5 Å². The molecule has 43 heavy (non-hydrogen) atoms. The fraction of sp³-hybridized carbons (Fsp3) is 0.257. The molecule has 0 radical (unpaired) electrons. The zero-order valence-electron chi connectivity index (χ0n) is 24.4. The lowest BCUT2D eigenvalue weighted by Gasteiger charge is -2.15. The summed E-state index contributed by atoms with van der Waals surface area (Å²) in [6, 6.07) is 27.7. The van der Waals surface area contributed by atoms with Gasteiger partial charge in [0.15, 0.2) is 0 Å². The largest absolute Gasteiger partial charge is 0.355 e. The summed E-state index contributed by atoms with van der Waals surface area (Å²) < 4.78 is 1.48. The summed E-state index contributed by atoms with van der Waals surface area (Å²) in [5, 5.41) is 12.0. The maximum atomic E-state index is 13.3. The van der Waals surface area contributed by atoms with Gasteiger partial charge in [0.2, 0.25) is 5.91 Å². The van der Waals surface area contributed by atoms with E-state index in [-0.39, 0.29) is 11.5 Å². The third-order valence-corrected chi connectivity index (χ3v) is 7.92. The molecular weight excluding hydrogens is 536 g/mol. The van der Waals surface area contributed by atoms with Crippen molar-refractivity contribution in [1.82, 2.24) is 25.0 Å². The van der Waals surface area contributed by atoms with Crippen LogP contribution < -0.4 is 16.2 Å². The van der Waals surface area contributed by atoms with E-state index in [2.05, 4.69) is 49.9 Å². The standard InChI is InChI=1S/C35H36N6O2/c1-2-41-35(43)33(38-31-15-7-14-30-29(31)13-8-16-36-30)24-32(39-41)28-12-6-11-27(23-28)26-10-5-9-25(21-26)22-34(42)37-17-20-40-18-3-4-19-40/h5-16,21,23-24,38H,2-4,17-20,22H2,1H3,(H,37,42). The monoisotopic (exact) mass is 572 g/mol. The summed E-state index contributed by atoms with van der Waals surface area (Å²) in [5.74, 6) is 0.0399. The van der Waals surface area contributed by atoms with Gasteiger partial charge in [-0.3, -0.25) is 14.6 Å². The van der Waals surface area contributed by atoms with E-state index in [1.165, 1.54) is 17.5 Å². The second kappa shape index (κ2) is 13.0. The molecule has 8 nitrogen and oxygen atoms in total. The zero-order chi connectivity index (χ0) is 29.6. The van der Waals surface area contributed by atoms with Crippen LogP contribution in [0.1, 0.15) is 25.3 Å². The number of aryl methyl sites for hydroxylation is 1. The van der Waals surface area contributed by atoms with Crippen molar-refractivity contribution in [2.45, 2.75) is 32.7 Å². The number of nitrogens with one attached hydrogen (secondary N) is 2. The Labute approximate surface area is 251 Å². The quantitative estimate of drug-likeness (QED) is 0.225. The molecule has 5 aromatic rings. The lowest BCUT2D eigenvalue weighted by Crippen LogP contribution is -2.34. The first-order valence-electron chi connectivity index (χ1n) is 15.0. The van der Waals surface area contributed by atoms with Gasteiger partial charge in [0.25, 0.3) is 5.56 Å². The highest BCUT2D eigenvalue weighted by Gasteiger charge is 2.14. The van der Waals surface area contributed by atoms with Gasteiger partial charge < -0.3 is 15.5 Å². The molecule has 1 aliphatic rings. The summed E-state index contributed by atoms with van der Waals surface area (Å²) in [6.07, 6.45) is 4.60. The second-order valence-corrected chi connectivity index (χ2v) is 10.9. The molecule has 1 amide bonds. The number of aromatic nitrogens is 3. The summed E-state index contributed by atoms with van der Waals surface area (Å²) >= 11 is 0. The number of fused-ring (bicyclic) bond motifs is 1. The number of rotatable bonds is 10. The van der Waals surface area contributed by atoms with Gasteiger partial charge in [0.1, 0.15) is 5.69 Å². The number of anilines is 2. The van der Waals surface area contributed by atoms with Gasteiger partial charge in [-0.05, 0) is 85.9 Å². The third-order valence-electron chi connectivity index (χ3n) is 7.92. The highest BCUT2D eigenvalue weighted by Crippen LogP contribution is 2.29. The normalized spacial score (nSPS) is 13.3. The van der Waals surface area contributed by atoms with E-state index >= 15 is 0 Å². The number of hydrogen-bond donors (Lipinski definition) is 2. The number of carbonyl (C=O) groups is 1. The van der Waals surface area contributed by atoms with E-state index in [0.717, 1.165) is 58.5 Å². The second-order valence-electron chi connectivity index (χ2n) is 10.9. The molecular formula is C35H36N6O2. The van der Waals surface area contributed by atoms with Crippen molar-refractivity contribution in [3.05, 3.63) is 107 Å². The summed E-state index contributed by atoms with van der Waals surface area (Å²) in [6.45, 7) is 6.21. The Morgan fingerprint density at radius 2 is 1.63 bits per heavy atom. The van der Waals surface area contributed by atoms with Crippen molar-refractivity contribution in [3.63, 3.8) is 0 Å². The molecule has 3 heterocycles. The van der Waals surface area contributed by atoms with Gasteiger partial charge in [0, 0.05) is 42.5 Å². The van der Waals surface area contributed by atoms with Crippen LogP contribution in [0.4, 0.5) is 11.4 Å². The first kappa shape index (κ1) is 28.3. The van der Waals surface area contributed by atoms with Gasteiger partial charge in [-0.25, -0.2) is 4.68 Å². The first-order chi connectivity index (χ1) is 21.1. The van der Waals surface area contributed by atoms with Gasteiger partial charge >= 0.3 is 0 Å². The molecule has 0 saturated carbocycles. The van der Waals surface area contributed by atoms with Gasteiger partial charge in [-0.2, -0.15) is 5.10 Å². The van der Waals surface area contributed by atoms with Crippen LogP contribution in [-0.2, 0) is 17.8 Å². The van der Waals surface area contributed by atoms with Crippen LogP contribution in [0.25, 0.3) is 33.3 Å². The van der Waals surface area contributed by atoms with Crippen molar-refractivity contribution >= 4 is 28.2 Å². The molecule has 3 aromatic carbocycles. The Hall–Kier alpha value is -4.82. The minimum atomic E-state index is -0.185. The Kier molecular flexibility index (Phi) is 8.56. The lowest BCUT2D eigenvalue weighted by molar-refractivity contribution is -0.120. The highest BCUT2D eigenvalue weighted by molar-refractivity contribution is 5.93. The van der Waals surface area contributed by atoms with Crippen LogP contribution in [0.3, 0.4) is 0 Å². The number of hydrogen-bond acceptors (Lipinski definition) is 6. The molecule has 1 saturated heterocycles. The molecule has 218 valence electrons. The van der Waals surface area contributed by atoms with E-state index in [9.17, 15) is 9.59 Å². The maximum Gasteiger partial charge on any atom is 0.290 e. The highest BCUT2D eigenvalue weighted by atomic mass is 16.1. The fourth-order valence-corrected chi connectivity index (χ4v) is 5.67. The molecule has 6 rings (SSSR count). The Bertz CT molecular complexity index is 1800. The molecule has 8 heteroatoms. The molecule has 1 fully saturated rings. The minimum absolute atomic E-state index is 0.0399. The van der Waals surface area contributed by atoms with Gasteiger partial charge in [-0.15, -0.1) is 0 Å². The molecule has 0 atom stereocenters. The van der Waals surface area contributed by atoms with E-state index < -0.39 is 0 Å². The smallest absolute Gasteiger partial charge is 0.290 e. The van der Waals surface area contributed by atoms with Crippen LogP contribution in [-0.4, -0.2) is 51.8 Å². The number of likely N-dealkylation sites (tertiary alicyclic amines) is 1. The molecule has 0 aliphatic carbocycles. The van der Waals surface area contributed by atoms with Crippen molar-refractivity contribution in [2.24, 2.45) is 0 Å². The molecule has 0 bridgehead atoms. The molecule has 0 spiro atoms. The van der Waals surface area contributed by atoms with Crippen molar-refractivity contribution in [3.8, 4) is 22.4 Å². The summed E-state index contributed by atoms with van der Waals surface area (Å²) in [4.78, 5) is 32.7. The summed E-state index contributed by atoms with van der Waals surface area (Å²) in [5.41, 5.74) is 6.52. The number of carbonyl (C=O) groups excluding carboxylic acids is 1. The molecule has 2 aromatic heterocycles. The van der Waals surface area contributed by atoms with Crippen LogP contribution in [0.2, 0.25) is 0 Å². The van der Waals surface area contributed by atoms with E-state index in [1.54, 1.807) is 6.20 Å². The van der Waals surface area contributed by atoms with Crippen LogP contribution in [0, 0.1) is 0 Å². The number of amides is 1. The van der Waals surface area contributed by atoms with E-state index in [0.29, 0.717) is 30.9 Å². The predicted molar refractivity (Wildman–Crippen MR) is 172 cm³/mol. The zero-order valence-corrected chi connectivity index (χ0v) is 24.4. The Morgan fingerprint density at radius 1 is 0.860 bits per heavy atom. The molecule has 2 N–H and O–H groups in total. The topological polar surface area (TPSA) is 92.2 Å². The predicted octanol–water partition coefficient (Wildman–Crippen LogP) is 5.64. The Balaban J connectivity index is 1.23. The average Bonchev–Trinajstić information content (AvgIpc) is 3.56. The fourth-order valence-electron chi connectivity index (χ4n) is 5.67. The summed E-state index contributed by atoms with van der Waals surface area (Å²) in [7, 11) is 0. The van der Waals surface area contributed by atoms with Crippen LogP contribution in [0.5, 0.6) is 0 Å². The number of pyridine rings is 1. The van der Waals surface area contributed by atoms with Crippen LogP contribution in [0.15, 0.2) is 95.9 Å².